The van der Waals surface area contributed by atoms with Crippen LogP contribution in [0.1, 0.15) is 23.4 Å². The van der Waals surface area contributed by atoms with Crippen LogP contribution >= 0.6 is 0 Å². The summed E-state index contributed by atoms with van der Waals surface area (Å²) in [5, 5.41) is 8.62. The summed E-state index contributed by atoms with van der Waals surface area (Å²) >= 11 is 0. The number of aromatic amines is 1. The molecule has 7 heteroatoms. The number of nitrogens with zero attached hydrogens (tertiary/aromatic N) is 2. The Morgan fingerprint density at radius 3 is 2.80 bits per heavy atom. The number of nitrogens with one attached hydrogen (secondary N) is 2. The molecule has 7 nitrogen and oxygen atoms in total. The van der Waals surface area contributed by atoms with Crippen LogP contribution in [0.15, 0.2) is 0 Å². The van der Waals surface area contributed by atoms with E-state index in [0.717, 1.165) is 0 Å². The molecule has 0 aliphatic rings. The van der Waals surface area contributed by atoms with Crippen molar-refractivity contribution in [1.29, 1.82) is 0 Å². The van der Waals surface area contributed by atoms with Crippen molar-refractivity contribution in [3.05, 3.63) is 11.6 Å². The fraction of sp³-hybridized carbons (Fsp3) is 0.500. The quantitative estimate of drug-likeness (QED) is 0.641. The number of carbonyl (C=O) groups excluding carboxylic acids is 2. The number of aromatic nitrogens is 3. The van der Waals surface area contributed by atoms with Crippen LogP contribution in [0.2, 0.25) is 0 Å². The molecular weight excluding hydrogens is 200 g/mol. The minimum Gasteiger partial charge on any atom is -0.468 e. The summed E-state index contributed by atoms with van der Waals surface area (Å²) < 4.78 is 4.36. The van der Waals surface area contributed by atoms with Gasteiger partial charge in [-0.2, -0.15) is 0 Å². The van der Waals surface area contributed by atoms with Gasteiger partial charge in [-0.15, -0.1) is 5.10 Å². The maximum Gasteiger partial charge on any atom is 0.325 e. The molecule has 0 aliphatic heterocycles. The van der Waals surface area contributed by atoms with Crippen molar-refractivity contribution in [2.24, 2.45) is 0 Å². The van der Waals surface area contributed by atoms with Crippen molar-refractivity contribution in [3.8, 4) is 0 Å². The van der Waals surface area contributed by atoms with Gasteiger partial charge in [0.05, 0.1) is 7.11 Å². The van der Waals surface area contributed by atoms with E-state index in [1.54, 1.807) is 0 Å². The van der Waals surface area contributed by atoms with Gasteiger partial charge in [0.15, 0.2) is 0 Å². The number of aryl methyl sites for hydroxylation is 1. The number of hydrogen-bond acceptors (Lipinski definition) is 5. The van der Waals surface area contributed by atoms with Gasteiger partial charge >= 0.3 is 5.97 Å². The first-order valence-corrected chi connectivity index (χ1v) is 4.43. The lowest BCUT2D eigenvalue weighted by atomic mass is 10.4. The fourth-order valence-corrected chi connectivity index (χ4v) is 0.859. The molecule has 0 bridgehead atoms. The first-order chi connectivity index (χ1) is 7.17. The number of carbonyl (C=O) groups is 2. The second-order valence-electron chi connectivity index (χ2n) is 2.72. The van der Waals surface area contributed by atoms with Gasteiger partial charge in [-0.3, -0.25) is 14.7 Å². The van der Waals surface area contributed by atoms with E-state index in [0.29, 0.717) is 12.2 Å². The molecule has 1 aromatic rings. The van der Waals surface area contributed by atoms with E-state index in [-0.39, 0.29) is 12.4 Å². The molecule has 0 atom stereocenters. The summed E-state index contributed by atoms with van der Waals surface area (Å²) in [7, 11) is 1.25. The second kappa shape index (κ2) is 5.08. The van der Waals surface area contributed by atoms with Crippen LogP contribution in [0, 0.1) is 0 Å². The average Bonchev–Trinajstić information content (AvgIpc) is 2.73. The Kier molecular flexibility index (Phi) is 3.78. The van der Waals surface area contributed by atoms with Crippen molar-refractivity contribution in [3.63, 3.8) is 0 Å². The highest BCUT2D eigenvalue weighted by Crippen LogP contribution is 1.92. The topological polar surface area (TPSA) is 97.0 Å². The largest absolute Gasteiger partial charge is 0.468 e. The van der Waals surface area contributed by atoms with Crippen LogP contribution in [0.4, 0.5) is 0 Å². The van der Waals surface area contributed by atoms with Gasteiger partial charge in [0.2, 0.25) is 5.82 Å². The van der Waals surface area contributed by atoms with Gasteiger partial charge in [-0.25, -0.2) is 4.98 Å². The van der Waals surface area contributed by atoms with Gasteiger partial charge in [-0.05, 0) is 0 Å². The number of esters is 1. The third-order valence-electron chi connectivity index (χ3n) is 1.69. The lowest BCUT2D eigenvalue weighted by Gasteiger charge is -1.99. The zero-order valence-electron chi connectivity index (χ0n) is 8.53. The number of hydrogen-bond donors (Lipinski definition) is 2. The summed E-state index contributed by atoms with van der Waals surface area (Å²) in [6, 6.07) is 0. The molecule has 0 saturated heterocycles. The second-order valence-corrected chi connectivity index (χ2v) is 2.72. The van der Waals surface area contributed by atoms with Crippen molar-refractivity contribution >= 4 is 11.9 Å². The number of amides is 1. The van der Waals surface area contributed by atoms with Crippen LogP contribution < -0.4 is 5.32 Å². The predicted molar refractivity (Wildman–Crippen MR) is 50.1 cm³/mol. The highest BCUT2D eigenvalue weighted by Gasteiger charge is 2.12. The molecule has 0 unspecified atom stereocenters. The van der Waals surface area contributed by atoms with E-state index >= 15 is 0 Å². The molecule has 1 amide bonds. The predicted octanol–water partition coefficient (Wildman–Crippen LogP) is -0.730. The molecule has 15 heavy (non-hydrogen) atoms. The average molecular weight is 212 g/mol. The zero-order valence-corrected chi connectivity index (χ0v) is 8.53. The molecular formula is C8H12N4O3. The maximum atomic E-state index is 11.3. The lowest BCUT2D eigenvalue weighted by Crippen LogP contribution is -2.30. The molecule has 0 spiro atoms. The third-order valence-corrected chi connectivity index (χ3v) is 1.69. The zero-order chi connectivity index (χ0) is 11.3. The highest BCUT2D eigenvalue weighted by molar-refractivity contribution is 5.92. The molecule has 0 aliphatic carbocycles. The Bertz CT molecular complexity index is 361. The Balaban J connectivity index is 2.50. The molecule has 2 N–H and O–H groups in total. The van der Waals surface area contributed by atoms with Gasteiger partial charge in [-0.1, -0.05) is 6.92 Å². The summed E-state index contributed by atoms with van der Waals surface area (Å²) in [6.07, 6.45) is 0.664. The number of ether oxygens (including phenoxy) is 1. The minimum atomic E-state index is -0.519. The van der Waals surface area contributed by atoms with Crippen molar-refractivity contribution in [2.75, 3.05) is 13.7 Å². The molecule has 0 radical (unpaired) electrons. The number of rotatable bonds is 4. The van der Waals surface area contributed by atoms with Gasteiger partial charge in [0.1, 0.15) is 12.4 Å². The van der Waals surface area contributed by atoms with E-state index in [1.807, 2.05) is 6.92 Å². The van der Waals surface area contributed by atoms with E-state index in [1.165, 1.54) is 7.11 Å². The Hall–Kier alpha value is -1.92. The summed E-state index contributed by atoms with van der Waals surface area (Å²) in [6.45, 7) is 1.70. The third kappa shape index (κ3) is 3.04. The van der Waals surface area contributed by atoms with Crippen LogP contribution in [-0.4, -0.2) is 40.7 Å². The standard InChI is InChI=1S/C8H12N4O3/c1-3-5-10-7(12-11-5)8(14)9-4-6(13)15-2/h3-4H2,1-2H3,(H,9,14)(H,10,11,12). The molecule has 82 valence electrons. The first kappa shape index (κ1) is 11.2. The molecule has 1 aromatic heterocycles. The van der Waals surface area contributed by atoms with Crippen LogP contribution in [0.25, 0.3) is 0 Å². The minimum absolute atomic E-state index is 0.0238. The first-order valence-electron chi connectivity index (χ1n) is 4.43. The molecule has 1 rings (SSSR count). The van der Waals surface area contributed by atoms with E-state index in [4.69, 9.17) is 0 Å². The molecule has 0 aromatic carbocycles. The summed E-state index contributed by atoms with van der Waals surface area (Å²) in [5.74, 6) is -0.375. The van der Waals surface area contributed by atoms with E-state index in [2.05, 4.69) is 25.2 Å². The highest BCUT2D eigenvalue weighted by atomic mass is 16.5. The van der Waals surface area contributed by atoms with E-state index in [9.17, 15) is 9.59 Å². The van der Waals surface area contributed by atoms with Crippen molar-refractivity contribution in [1.82, 2.24) is 20.5 Å². The van der Waals surface area contributed by atoms with Crippen LogP contribution in [0.5, 0.6) is 0 Å². The van der Waals surface area contributed by atoms with Crippen LogP contribution in [-0.2, 0) is 16.0 Å². The summed E-state index contributed by atoms with van der Waals surface area (Å²) in [5.41, 5.74) is 0. The Morgan fingerprint density at radius 2 is 2.27 bits per heavy atom. The van der Waals surface area contributed by atoms with E-state index < -0.39 is 11.9 Å². The van der Waals surface area contributed by atoms with Gasteiger partial charge in [0, 0.05) is 6.42 Å². The van der Waals surface area contributed by atoms with Gasteiger partial charge < -0.3 is 10.1 Å². The Morgan fingerprint density at radius 1 is 1.53 bits per heavy atom. The monoisotopic (exact) mass is 212 g/mol. The fourth-order valence-electron chi connectivity index (χ4n) is 0.859. The van der Waals surface area contributed by atoms with Crippen LogP contribution in [0.3, 0.4) is 0 Å². The molecule has 0 saturated carbocycles. The van der Waals surface area contributed by atoms with Gasteiger partial charge in [0.25, 0.3) is 5.91 Å². The summed E-state index contributed by atoms with van der Waals surface area (Å²) in [4.78, 5) is 26.0. The smallest absolute Gasteiger partial charge is 0.325 e. The normalized spacial score (nSPS) is 9.73. The molecule has 0 fully saturated rings. The number of H-pyrrole nitrogens is 1. The SMILES string of the molecule is CCc1nc(C(=O)NCC(=O)OC)n[nH]1. The molecule has 1 heterocycles. The van der Waals surface area contributed by atoms with Crippen molar-refractivity contribution in [2.45, 2.75) is 13.3 Å². The maximum absolute atomic E-state index is 11.3. The Labute approximate surface area is 86.2 Å². The number of methoxy groups -OCH3 is 1. The lowest BCUT2D eigenvalue weighted by molar-refractivity contribution is -0.139. The van der Waals surface area contributed by atoms with Crippen molar-refractivity contribution < 1.29 is 14.3 Å².